The average Bonchev–Trinajstić information content (AvgIpc) is 2.36. The summed E-state index contributed by atoms with van der Waals surface area (Å²) >= 11 is 0. The summed E-state index contributed by atoms with van der Waals surface area (Å²) in [4.78, 5) is 22.7. The van der Waals surface area contributed by atoms with Crippen LogP contribution in [0, 0.1) is 0 Å². The summed E-state index contributed by atoms with van der Waals surface area (Å²) in [6.45, 7) is 4.73. The first kappa shape index (κ1) is 16.9. The van der Waals surface area contributed by atoms with Gasteiger partial charge in [-0.15, -0.1) is 0 Å². The molecule has 0 aliphatic carbocycles. The standard InChI is InChI=1S/C12H24N2O4/c1-4-12(5-2,11(16)17)14-9-10(15)13-7-6-8-18-3/h14H,4-9H2,1-3H3,(H,13,15)(H,16,17). The minimum atomic E-state index is -1.01. The van der Waals surface area contributed by atoms with Gasteiger partial charge in [0.05, 0.1) is 6.54 Å². The Labute approximate surface area is 108 Å². The highest BCUT2D eigenvalue weighted by atomic mass is 16.5. The lowest BCUT2D eigenvalue weighted by Gasteiger charge is -2.27. The van der Waals surface area contributed by atoms with Gasteiger partial charge >= 0.3 is 5.97 Å². The molecule has 0 fully saturated rings. The Balaban J connectivity index is 4.04. The molecule has 0 aromatic heterocycles. The number of carbonyl (C=O) groups is 2. The first-order valence-corrected chi connectivity index (χ1v) is 6.26. The normalized spacial score (nSPS) is 11.3. The van der Waals surface area contributed by atoms with E-state index in [9.17, 15) is 14.7 Å². The lowest BCUT2D eigenvalue weighted by atomic mass is 9.93. The van der Waals surface area contributed by atoms with E-state index >= 15 is 0 Å². The third kappa shape index (κ3) is 5.46. The van der Waals surface area contributed by atoms with E-state index in [2.05, 4.69) is 10.6 Å². The van der Waals surface area contributed by atoms with Gasteiger partial charge in [0.1, 0.15) is 5.54 Å². The van der Waals surface area contributed by atoms with E-state index in [1.807, 2.05) is 0 Å². The predicted molar refractivity (Wildman–Crippen MR) is 68.5 cm³/mol. The maximum atomic E-state index is 11.5. The van der Waals surface area contributed by atoms with Gasteiger partial charge < -0.3 is 15.2 Å². The Morgan fingerprint density at radius 1 is 1.28 bits per heavy atom. The van der Waals surface area contributed by atoms with Gasteiger partial charge in [-0.1, -0.05) is 13.8 Å². The second kappa shape index (κ2) is 8.88. The summed E-state index contributed by atoms with van der Waals surface area (Å²) in [6, 6.07) is 0. The molecule has 0 rings (SSSR count). The third-order valence-electron chi connectivity index (χ3n) is 3.05. The first-order valence-electron chi connectivity index (χ1n) is 6.26. The topological polar surface area (TPSA) is 87.7 Å². The number of nitrogens with one attached hydrogen (secondary N) is 2. The number of aliphatic carboxylic acids is 1. The van der Waals surface area contributed by atoms with Crippen LogP contribution in [0.15, 0.2) is 0 Å². The molecule has 0 aliphatic rings. The number of carboxylic acids is 1. The molecule has 106 valence electrons. The highest BCUT2D eigenvalue weighted by Crippen LogP contribution is 2.14. The van der Waals surface area contributed by atoms with Crippen LogP contribution in [0.5, 0.6) is 0 Å². The van der Waals surface area contributed by atoms with Gasteiger partial charge in [-0.2, -0.15) is 0 Å². The Morgan fingerprint density at radius 3 is 2.33 bits per heavy atom. The summed E-state index contributed by atoms with van der Waals surface area (Å²) in [7, 11) is 1.60. The Hall–Kier alpha value is -1.14. The summed E-state index contributed by atoms with van der Waals surface area (Å²) in [6.07, 6.45) is 1.62. The fourth-order valence-corrected chi connectivity index (χ4v) is 1.63. The molecule has 0 unspecified atom stereocenters. The quantitative estimate of drug-likeness (QED) is 0.494. The number of amides is 1. The number of hydrogen-bond acceptors (Lipinski definition) is 4. The van der Waals surface area contributed by atoms with Crippen molar-refractivity contribution in [2.24, 2.45) is 0 Å². The van der Waals surface area contributed by atoms with Crippen LogP contribution in [0.4, 0.5) is 0 Å². The largest absolute Gasteiger partial charge is 0.480 e. The van der Waals surface area contributed by atoms with Crippen LogP contribution in [0.3, 0.4) is 0 Å². The van der Waals surface area contributed by atoms with Crippen molar-refractivity contribution >= 4 is 11.9 Å². The molecule has 0 atom stereocenters. The van der Waals surface area contributed by atoms with Crippen molar-refractivity contribution in [1.82, 2.24) is 10.6 Å². The monoisotopic (exact) mass is 260 g/mol. The van der Waals surface area contributed by atoms with E-state index in [0.29, 0.717) is 26.0 Å². The number of carboxylic acid groups (broad SMARTS) is 1. The second-order valence-electron chi connectivity index (χ2n) is 4.14. The van der Waals surface area contributed by atoms with E-state index in [-0.39, 0.29) is 12.5 Å². The van der Waals surface area contributed by atoms with E-state index in [0.717, 1.165) is 6.42 Å². The van der Waals surface area contributed by atoms with E-state index in [4.69, 9.17) is 4.74 Å². The summed E-state index contributed by atoms with van der Waals surface area (Å²) in [5.41, 5.74) is -1.01. The van der Waals surface area contributed by atoms with Crippen molar-refractivity contribution in [3.63, 3.8) is 0 Å². The molecule has 0 saturated carbocycles. The first-order chi connectivity index (χ1) is 8.52. The van der Waals surface area contributed by atoms with Gasteiger partial charge in [-0.05, 0) is 19.3 Å². The van der Waals surface area contributed by atoms with E-state index in [1.54, 1.807) is 21.0 Å². The molecule has 0 aromatic rings. The maximum absolute atomic E-state index is 11.5. The highest BCUT2D eigenvalue weighted by molar-refractivity contribution is 5.82. The molecule has 0 saturated heterocycles. The van der Waals surface area contributed by atoms with E-state index in [1.165, 1.54) is 0 Å². The van der Waals surface area contributed by atoms with Crippen LogP contribution in [-0.2, 0) is 14.3 Å². The highest BCUT2D eigenvalue weighted by Gasteiger charge is 2.34. The molecular formula is C12H24N2O4. The molecule has 0 aromatic carbocycles. The molecule has 18 heavy (non-hydrogen) atoms. The van der Waals surface area contributed by atoms with Gasteiger partial charge in [0, 0.05) is 20.3 Å². The van der Waals surface area contributed by atoms with Crippen LogP contribution in [-0.4, -0.2) is 49.3 Å². The smallest absolute Gasteiger partial charge is 0.323 e. The lowest BCUT2D eigenvalue weighted by molar-refractivity contribution is -0.145. The fourth-order valence-electron chi connectivity index (χ4n) is 1.63. The third-order valence-corrected chi connectivity index (χ3v) is 3.05. The molecule has 6 nitrogen and oxygen atoms in total. The van der Waals surface area contributed by atoms with Crippen LogP contribution in [0.25, 0.3) is 0 Å². The van der Waals surface area contributed by atoms with Crippen LogP contribution >= 0.6 is 0 Å². The van der Waals surface area contributed by atoms with Crippen LogP contribution in [0.1, 0.15) is 33.1 Å². The predicted octanol–water partition coefficient (Wildman–Crippen LogP) is 0.372. The van der Waals surface area contributed by atoms with Crippen molar-refractivity contribution in [2.75, 3.05) is 26.8 Å². The Kier molecular flexibility index (Phi) is 8.32. The molecule has 0 radical (unpaired) electrons. The molecule has 0 spiro atoms. The zero-order valence-corrected chi connectivity index (χ0v) is 11.4. The van der Waals surface area contributed by atoms with E-state index < -0.39 is 11.5 Å². The van der Waals surface area contributed by atoms with Crippen molar-refractivity contribution < 1.29 is 19.4 Å². The Bertz CT molecular complexity index is 265. The van der Waals surface area contributed by atoms with Crippen molar-refractivity contribution in [2.45, 2.75) is 38.6 Å². The molecule has 0 aliphatic heterocycles. The zero-order valence-electron chi connectivity index (χ0n) is 11.4. The summed E-state index contributed by atoms with van der Waals surface area (Å²) in [5.74, 6) is -1.11. The average molecular weight is 260 g/mol. The minimum absolute atomic E-state index is 0.0148. The summed E-state index contributed by atoms with van der Waals surface area (Å²) < 4.78 is 4.86. The zero-order chi connectivity index (χ0) is 14.0. The Morgan fingerprint density at radius 2 is 1.89 bits per heavy atom. The lowest BCUT2D eigenvalue weighted by Crippen LogP contribution is -2.54. The van der Waals surface area contributed by atoms with Gasteiger partial charge in [-0.3, -0.25) is 14.9 Å². The maximum Gasteiger partial charge on any atom is 0.323 e. The van der Waals surface area contributed by atoms with Gasteiger partial charge in [0.25, 0.3) is 0 Å². The fraction of sp³-hybridized carbons (Fsp3) is 0.833. The molecule has 3 N–H and O–H groups in total. The van der Waals surface area contributed by atoms with Gasteiger partial charge in [0.15, 0.2) is 0 Å². The van der Waals surface area contributed by atoms with Gasteiger partial charge in [0.2, 0.25) is 5.91 Å². The van der Waals surface area contributed by atoms with Crippen molar-refractivity contribution in [3.8, 4) is 0 Å². The summed E-state index contributed by atoms with van der Waals surface area (Å²) in [5, 5.41) is 14.7. The molecule has 0 heterocycles. The van der Waals surface area contributed by atoms with Crippen molar-refractivity contribution in [3.05, 3.63) is 0 Å². The number of hydrogen-bond donors (Lipinski definition) is 3. The van der Waals surface area contributed by atoms with Crippen LogP contribution < -0.4 is 10.6 Å². The number of rotatable bonds is 10. The van der Waals surface area contributed by atoms with Crippen molar-refractivity contribution in [1.29, 1.82) is 0 Å². The molecule has 6 heteroatoms. The number of methoxy groups -OCH3 is 1. The molecular weight excluding hydrogens is 236 g/mol. The molecule has 1 amide bonds. The SMILES string of the molecule is CCC(CC)(NCC(=O)NCCCOC)C(=O)O. The second-order valence-corrected chi connectivity index (χ2v) is 4.14. The van der Waals surface area contributed by atoms with Crippen LogP contribution in [0.2, 0.25) is 0 Å². The van der Waals surface area contributed by atoms with Gasteiger partial charge in [-0.25, -0.2) is 0 Å². The number of ether oxygens (including phenoxy) is 1. The minimum Gasteiger partial charge on any atom is -0.480 e. The molecule has 0 bridgehead atoms. The number of carbonyl (C=O) groups excluding carboxylic acids is 1.